The first-order valence-electron chi connectivity index (χ1n) is 3.18. The van der Waals surface area contributed by atoms with E-state index >= 15 is 0 Å². The van der Waals surface area contributed by atoms with E-state index in [0.717, 1.165) is 0 Å². The molecule has 0 aromatic carbocycles. The Morgan fingerprint density at radius 2 is 2.00 bits per heavy atom. The molecule has 1 N–H and O–H groups in total. The molecule has 0 aromatic rings. The lowest BCUT2D eigenvalue weighted by Crippen LogP contribution is -2.29. The van der Waals surface area contributed by atoms with Crippen LogP contribution in [-0.4, -0.2) is 15.5 Å². The average Bonchev–Trinajstić information content (AvgIpc) is 1.60. The van der Waals surface area contributed by atoms with E-state index in [1.165, 1.54) is 0 Å². The molecule has 10 heavy (non-hydrogen) atoms. The van der Waals surface area contributed by atoms with Crippen molar-refractivity contribution in [2.24, 2.45) is 11.3 Å². The first-order chi connectivity index (χ1) is 4.39. The first kappa shape index (κ1) is 10.2. The van der Waals surface area contributed by atoms with Crippen LogP contribution in [0, 0.1) is 11.3 Å². The number of aliphatic carboxylic acids is 1. The van der Waals surface area contributed by atoms with Crippen molar-refractivity contribution in [2.45, 2.75) is 20.8 Å². The van der Waals surface area contributed by atoms with E-state index in [9.17, 15) is 4.79 Å². The van der Waals surface area contributed by atoms with Crippen LogP contribution in [0.2, 0.25) is 0 Å². The number of carboxylic acids is 1. The maximum atomic E-state index is 10.6. The van der Waals surface area contributed by atoms with Crippen molar-refractivity contribution in [3.63, 3.8) is 0 Å². The fourth-order valence-corrected chi connectivity index (χ4v) is 2.37. The van der Waals surface area contributed by atoms with Crippen LogP contribution in [0.3, 0.4) is 0 Å². The summed E-state index contributed by atoms with van der Waals surface area (Å²) in [7, 11) is 0. The minimum atomic E-state index is -0.693. The quantitative estimate of drug-likeness (QED) is 0.607. The molecule has 60 valence electrons. The maximum Gasteiger partial charge on any atom is 0.307 e. The smallest absolute Gasteiger partial charge is 0.307 e. The van der Waals surface area contributed by atoms with Crippen LogP contribution in [0.25, 0.3) is 0 Å². The second kappa shape index (κ2) is 3.55. The number of alkyl halides is 1. The zero-order valence-electron chi connectivity index (χ0n) is 6.52. The van der Waals surface area contributed by atoms with Crippen molar-refractivity contribution in [3.8, 4) is 0 Å². The molecule has 0 aliphatic rings. The van der Waals surface area contributed by atoms with Crippen LogP contribution in [0.5, 0.6) is 0 Å². The van der Waals surface area contributed by atoms with E-state index in [4.69, 9.17) is 5.11 Å². The average molecular weight is 256 g/mol. The summed E-state index contributed by atoms with van der Waals surface area (Å²) >= 11 is 2.11. The molecule has 2 nitrogen and oxygen atoms in total. The Labute approximate surface area is 75.1 Å². The molecule has 1 atom stereocenters. The Hall–Kier alpha value is 0.200. The van der Waals surface area contributed by atoms with Crippen LogP contribution in [0.15, 0.2) is 0 Å². The van der Waals surface area contributed by atoms with Crippen LogP contribution in [-0.2, 0) is 4.79 Å². The lowest BCUT2D eigenvalue weighted by atomic mass is 9.82. The molecule has 0 heterocycles. The minimum absolute atomic E-state index is 0.118. The van der Waals surface area contributed by atoms with Crippen molar-refractivity contribution in [2.75, 3.05) is 4.43 Å². The summed E-state index contributed by atoms with van der Waals surface area (Å²) < 4.78 is 0.677. The molecule has 3 heteroatoms. The summed E-state index contributed by atoms with van der Waals surface area (Å²) in [6.45, 7) is 5.85. The largest absolute Gasteiger partial charge is 0.481 e. The van der Waals surface area contributed by atoms with E-state index in [2.05, 4.69) is 22.6 Å². The number of carbonyl (C=O) groups is 1. The van der Waals surface area contributed by atoms with Gasteiger partial charge in [-0.25, -0.2) is 0 Å². The zero-order chi connectivity index (χ0) is 8.36. The Balaban J connectivity index is 4.22. The van der Waals surface area contributed by atoms with E-state index in [1.54, 1.807) is 0 Å². The van der Waals surface area contributed by atoms with E-state index in [1.807, 2.05) is 20.8 Å². The number of hydrogen-bond donors (Lipinski definition) is 1. The SMILES string of the molecule is CC(C)(C)C(CI)C(=O)O. The molecule has 0 aromatic heterocycles. The molecule has 0 saturated heterocycles. The summed E-state index contributed by atoms with van der Waals surface area (Å²) in [5.74, 6) is -0.921. The molecular weight excluding hydrogens is 243 g/mol. The van der Waals surface area contributed by atoms with Gasteiger partial charge in [0.05, 0.1) is 5.92 Å². The van der Waals surface area contributed by atoms with Gasteiger partial charge in [0.25, 0.3) is 0 Å². The number of carboxylic acid groups (broad SMARTS) is 1. The van der Waals surface area contributed by atoms with Crippen LogP contribution in [0.1, 0.15) is 20.8 Å². The number of rotatable bonds is 2. The van der Waals surface area contributed by atoms with Crippen molar-refractivity contribution < 1.29 is 9.90 Å². The molecule has 0 spiro atoms. The number of hydrogen-bond acceptors (Lipinski definition) is 1. The van der Waals surface area contributed by atoms with Gasteiger partial charge in [-0.15, -0.1) is 0 Å². The zero-order valence-corrected chi connectivity index (χ0v) is 8.68. The van der Waals surface area contributed by atoms with Gasteiger partial charge in [0, 0.05) is 4.43 Å². The molecule has 0 aliphatic carbocycles. The molecule has 0 aliphatic heterocycles. The first-order valence-corrected chi connectivity index (χ1v) is 4.71. The van der Waals surface area contributed by atoms with Gasteiger partial charge in [-0.3, -0.25) is 4.79 Å². The second-order valence-electron chi connectivity index (χ2n) is 3.41. The van der Waals surface area contributed by atoms with Crippen LogP contribution < -0.4 is 0 Å². The molecule has 0 bridgehead atoms. The van der Waals surface area contributed by atoms with Gasteiger partial charge >= 0.3 is 5.97 Å². The van der Waals surface area contributed by atoms with E-state index in [0.29, 0.717) is 4.43 Å². The lowest BCUT2D eigenvalue weighted by Gasteiger charge is -2.24. The van der Waals surface area contributed by atoms with Crippen molar-refractivity contribution in [1.82, 2.24) is 0 Å². The highest BCUT2D eigenvalue weighted by atomic mass is 127. The highest BCUT2D eigenvalue weighted by molar-refractivity contribution is 14.1. The summed E-state index contributed by atoms with van der Waals surface area (Å²) in [4.78, 5) is 10.6. The van der Waals surface area contributed by atoms with Gasteiger partial charge in [0.2, 0.25) is 0 Å². The van der Waals surface area contributed by atoms with Crippen molar-refractivity contribution >= 4 is 28.6 Å². The minimum Gasteiger partial charge on any atom is -0.481 e. The highest BCUT2D eigenvalue weighted by Crippen LogP contribution is 2.27. The third-order valence-electron chi connectivity index (χ3n) is 1.50. The lowest BCUT2D eigenvalue weighted by molar-refractivity contribution is -0.144. The highest BCUT2D eigenvalue weighted by Gasteiger charge is 2.29. The molecule has 1 unspecified atom stereocenters. The molecule has 0 amide bonds. The Morgan fingerprint density at radius 3 is 2.00 bits per heavy atom. The molecule has 0 fully saturated rings. The van der Waals surface area contributed by atoms with Crippen molar-refractivity contribution in [3.05, 3.63) is 0 Å². The van der Waals surface area contributed by atoms with Gasteiger partial charge in [0.1, 0.15) is 0 Å². The van der Waals surface area contributed by atoms with Crippen LogP contribution >= 0.6 is 22.6 Å². The third kappa shape index (κ3) is 2.86. The predicted octanol–water partition coefficient (Wildman–Crippen LogP) is 2.17. The second-order valence-corrected chi connectivity index (χ2v) is 4.29. The Morgan fingerprint density at radius 1 is 1.60 bits per heavy atom. The van der Waals surface area contributed by atoms with Gasteiger partial charge in [-0.2, -0.15) is 0 Å². The summed E-state index contributed by atoms with van der Waals surface area (Å²) in [5.41, 5.74) is -0.118. The maximum absolute atomic E-state index is 10.6. The summed E-state index contributed by atoms with van der Waals surface area (Å²) in [6.07, 6.45) is 0. The predicted molar refractivity (Wildman–Crippen MR) is 49.5 cm³/mol. The van der Waals surface area contributed by atoms with E-state index in [-0.39, 0.29) is 11.3 Å². The summed E-state index contributed by atoms with van der Waals surface area (Å²) in [6, 6.07) is 0. The van der Waals surface area contributed by atoms with Gasteiger partial charge in [0.15, 0.2) is 0 Å². The monoisotopic (exact) mass is 256 g/mol. The molecular formula is C7H13IO2. The van der Waals surface area contributed by atoms with Crippen LogP contribution in [0.4, 0.5) is 0 Å². The fourth-order valence-electron chi connectivity index (χ4n) is 0.668. The van der Waals surface area contributed by atoms with Gasteiger partial charge in [-0.1, -0.05) is 43.4 Å². The fraction of sp³-hybridized carbons (Fsp3) is 0.857. The molecule has 0 rings (SSSR count). The topological polar surface area (TPSA) is 37.3 Å². The van der Waals surface area contributed by atoms with E-state index < -0.39 is 5.97 Å². The number of halogens is 1. The van der Waals surface area contributed by atoms with Gasteiger partial charge in [-0.05, 0) is 5.41 Å². The Bertz CT molecular complexity index is 126. The summed E-state index contributed by atoms with van der Waals surface area (Å²) in [5, 5.41) is 8.70. The van der Waals surface area contributed by atoms with Gasteiger partial charge < -0.3 is 5.11 Å². The normalized spacial score (nSPS) is 14.8. The standard InChI is InChI=1S/C7H13IO2/c1-7(2,3)5(4-8)6(9)10/h5H,4H2,1-3H3,(H,9,10). The molecule has 0 saturated carbocycles. The Kier molecular flexibility index (Phi) is 3.62. The third-order valence-corrected chi connectivity index (χ3v) is 2.38. The van der Waals surface area contributed by atoms with Crippen molar-refractivity contribution in [1.29, 1.82) is 0 Å². The molecule has 0 radical (unpaired) electrons.